The second-order valence-electron chi connectivity index (χ2n) is 5.57. The lowest BCUT2D eigenvalue weighted by atomic mass is 10.1. The first-order valence-corrected chi connectivity index (χ1v) is 9.09. The van der Waals surface area contributed by atoms with Crippen LogP contribution in [0, 0.1) is 6.92 Å². The van der Waals surface area contributed by atoms with Gasteiger partial charge in [-0.05, 0) is 30.2 Å². The molecule has 0 radical (unpaired) electrons. The molecule has 2 aromatic carbocycles. The zero-order chi connectivity index (χ0) is 17.6. The number of hydrogen-bond acceptors (Lipinski definition) is 5. The summed E-state index contributed by atoms with van der Waals surface area (Å²) in [4.78, 5) is 4.20. The normalized spacial score (nSPS) is 10.5. The van der Waals surface area contributed by atoms with Crippen LogP contribution in [-0.4, -0.2) is 12.1 Å². The van der Waals surface area contributed by atoms with Crippen molar-refractivity contribution in [2.45, 2.75) is 20.1 Å². The van der Waals surface area contributed by atoms with Gasteiger partial charge < -0.3 is 14.8 Å². The third kappa shape index (κ3) is 4.65. The van der Waals surface area contributed by atoms with E-state index in [0.717, 1.165) is 16.3 Å². The van der Waals surface area contributed by atoms with Crippen molar-refractivity contribution in [2.24, 2.45) is 0 Å². The van der Waals surface area contributed by atoms with Crippen LogP contribution in [0.4, 0.5) is 5.13 Å². The maximum atomic E-state index is 6.42. The number of nitrogens with one attached hydrogen (secondary N) is 1. The number of methoxy groups -OCH3 is 1. The quantitative estimate of drug-likeness (QED) is 0.609. The molecule has 0 saturated carbocycles. The van der Waals surface area contributed by atoms with Crippen molar-refractivity contribution >= 4 is 28.1 Å². The Kier molecular flexibility index (Phi) is 5.79. The van der Waals surface area contributed by atoms with Crippen LogP contribution in [-0.2, 0) is 13.2 Å². The summed E-state index contributed by atoms with van der Waals surface area (Å²) in [5, 5.41) is 6.58. The summed E-state index contributed by atoms with van der Waals surface area (Å²) >= 11 is 7.97. The van der Waals surface area contributed by atoms with Gasteiger partial charge in [-0.2, -0.15) is 0 Å². The first-order valence-electron chi connectivity index (χ1n) is 7.84. The zero-order valence-corrected chi connectivity index (χ0v) is 15.7. The topological polar surface area (TPSA) is 43.4 Å². The van der Waals surface area contributed by atoms with Crippen molar-refractivity contribution in [1.82, 2.24) is 4.98 Å². The van der Waals surface area contributed by atoms with Crippen LogP contribution in [0.1, 0.15) is 16.7 Å². The molecule has 4 nitrogen and oxygen atoms in total. The van der Waals surface area contributed by atoms with E-state index < -0.39 is 0 Å². The molecule has 1 heterocycles. The number of thiazole rings is 1. The summed E-state index contributed by atoms with van der Waals surface area (Å²) in [5.41, 5.74) is 3.30. The predicted molar refractivity (Wildman–Crippen MR) is 103 cm³/mol. The summed E-state index contributed by atoms with van der Waals surface area (Å²) in [6, 6.07) is 12.0. The highest BCUT2D eigenvalue weighted by Gasteiger charge is 2.12. The molecule has 0 atom stereocenters. The van der Waals surface area contributed by atoms with E-state index >= 15 is 0 Å². The van der Waals surface area contributed by atoms with E-state index in [4.69, 9.17) is 21.1 Å². The summed E-state index contributed by atoms with van der Waals surface area (Å²) < 4.78 is 11.4. The monoisotopic (exact) mass is 374 g/mol. The molecule has 0 fully saturated rings. The van der Waals surface area contributed by atoms with Crippen molar-refractivity contribution in [3.05, 3.63) is 69.7 Å². The molecule has 0 unspecified atom stereocenters. The lowest BCUT2D eigenvalue weighted by molar-refractivity contribution is 0.284. The summed E-state index contributed by atoms with van der Waals surface area (Å²) in [5.74, 6) is 1.18. The number of benzene rings is 2. The first kappa shape index (κ1) is 17.6. The van der Waals surface area contributed by atoms with Crippen molar-refractivity contribution < 1.29 is 9.47 Å². The van der Waals surface area contributed by atoms with Gasteiger partial charge in [0.05, 0.1) is 12.1 Å². The summed E-state index contributed by atoms with van der Waals surface area (Å²) in [6.07, 6.45) is 1.77. The second kappa shape index (κ2) is 8.23. The van der Waals surface area contributed by atoms with Gasteiger partial charge in [-0.25, -0.2) is 4.98 Å². The molecule has 0 aliphatic carbocycles. The molecular weight excluding hydrogens is 356 g/mol. The Morgan fingerprint density at radius 3 is 2.64 bits per heavy atom. The molecule has 0 bridgehead atoms. The minimum atomic E-state index is 0.438. The van der Waals surface area contributed by atoms with Gasteiger partial charge in [0, 0.05) is 18.1 Å². The number of aryl methyl sites for hydroxylation is 1. The van der Waals surface area contributed by atoms with Crippen LogP contribution in [0.25, 0.3) is 0 Å². The molecule has 0 amide bonds. The highest BCUT2D eigenvalue weighted by atomic mass is 35.5. The van der Waals surface area contributed by atoms with E-state index in [2.05, 4.69) is 29.4 Å². The van der Waals surface area contributed by atoms with Crippen molar-refractivity contribution in [3.8, 4) is 11.5 Å². The van der Waals surface area contributed by atoms with Gasteiger partial charge in [-0.1, -0.05) is 41.4 Å². The Balaban J connectivity index is 1.71. The molecule has 3 aromatic rings. The average molecular weight is 375 g/mol. The number of aromatic nitrogens is 1. The van der Waals surface area contributed by atoms with E-state index in [0.29, 0.717) is 29.7 Å². The first-order chi connectivity index (χ1) is 12.2. The van der Waals surface area contributed by atoms with Crippen molar-refractivity contribution in [1.29, 1.82) is 0 Å². The number of rotatable bonds is 7. The summed E-state index contributed by atoms with van der Waals surface area (Å²) in [6.45, 7) is 3.11. The van der Waals surface area contributed by atoms with Gasteiger partial charge in [0.1, 0.15) is 6.61 Å². The highest BCUT2D eigenvalue weighted by molar-refractivity contribution is 7.13. The number of anilines is 1. The van der Waals surface area contributed by atoms with Gasteiger partial charge in [-0.15, -0.1) is 11.3 Å². The van der Waals surface area contributed by atoms with Crippen molar-refractivity contribution in [2.75, 3.05) is 12.4 Å². The molecule has 0 aliphatic heterocycles. The molecular formula is C19H19ClN2O2S. The molecule has 130 valence electrons. The van der Waals surface area contributed by atoms with Gasteiger partial charge in [-0.3, -0.25) is 0 Å². The Morgan fingerprint density at radius 2 is 1.96 bits per heavy atom. The van der Waals surface area contributed by atoms with Crippen LogP contribution < -0.4 is 14.8 Å². The number of halogens is 1. The molecule has 0 aliphatic rings. The lowest BCUT2D eigenvalue weighted by Gasteiger charge is -2.14. The number of nitrogens with zero attached hydrogens (tertiary/aromatic N) is 1. The van der Waals surface area contributed by atoms with E-state index in [1.807, 2.05) is 29.6 Å². The van der Waals surface area contributed by atoms with Crippen LogP contribution >= 0.6 is 22.9 Å². The number of hydrogen-bond donors (Lipinski definition) is 1. The largest absolute Gasteiger partial charge is 0.493 e. The third-order valence-corrected chi connectivity index (χ3v) is 4.68. The summed E-state index contributed by atoms with van der Waals surface area (Å²) in [7, 11) is 1.61. The lowest BCUT2D eigenvalue weighted by Crippen LogP contribution is -2.02. The van der Waals surface area contributed by atoms with Gasteiger partial charge in [0.25, 0.3) is 0 Å². The maximum Gasteiger partial charge on any atom is 0.182 e. The highest BCUT2D eigenvalue weighted by Crippen LogP contribution is 2.37. The van der Waals surface area contributed by atoms with Crippen molar-refractivity contribution in [3.63, 3.8) is 0 Å². The smallest absolute Gasteiger partial charge is 0.182 e. The van der Waals surface area contributed by atoms with Crippen LogP contribution in [0.5, 0.6) is 11.5 Å². The Labute approximate surface area is 156 Å². The van der Waals surface area contributed by atoms with Crippen LogP contribution in [0.15, 0.2) is 48.0 Å². The van der Waals surface area contributed by atoms with Crippen LogP contribution in [0.2, 0.25) is 5.02 Å². The predicted octanol–water partition coefficient (Wildman–Crippen LogP) is 5.30. The van der Waals surface area contributed by atoms with Gasteiger partial charge in [0.2, 0.25) is 0 Å². The van der Waals surface area contributed by atoms with Gasteiger partial charge >= 0.3 is 0 Å². The molecule has 0 spiro atoms. The molecule has 6 heteroatoms. The number of ether oxygens (including phenoxy) is 2. The molecule has 1 aromatic heterocycles. The second-order valence-corrected chi connectivity index (χ2v) is 6.88. The molecule has 1 N–H and O–H groups in total. The van der Waals surface area contributed by atoms with E-state index in [1.165, 1.54) is 5.56 Å². The van der Waals surface area contributed by atoms with Crippen LogP contribution in [0.3, 0.4) is 0 Å². The van der Waals surface area contributed by atoms with E-state index in [-0.39, 0.29) is 0 Å². The fourth-order valence-electron chi connectivity index (χ4n) is 2.34. The fraction of sp³-hybridized carbons (Fsp3) is 0.211. The molecule has 3 rings (SSSR count). The Morgan fingerprint density at radius 1 is 1.16 bits per heavy atom. The standard InChI is InChI=1S/C19H19ClN2O2S/c1-13-3-5-14(6-4-13)12-24-18-16(20)9-15(10-17(18)23-2)11-22-19-21-7-8-25-19/h3-10H,11-12H2,1-2H3,(H,21,22). The SMILES string of the molecule is COc1cc(CNc2nccs2)cc(Cl)c1OCc1ccc(C)cc1. The average Bonchev–Trinajstić information content (AvgIpc) is 3.13. The van der Waals surface area contributed by atoms with Gasteiger partial charge in [0.15, 0.2) is 16.6 Å². The maximum absolute atomic E-state index is 6.42. The zero-order valence-electron chi connectivity index (χ0n) is 14.1. The fourth-order valence-corrected chi connectivity index (χ4v) is 3.16. The molecule has 25 heavy (non-hydrogen) atoms. The Bertz CT molecular complexity index is 820. The van der Waals surface area contributed by atoms with E-state index in [9.17, 15) is 0 Å². The minimum absolute atomic E-state index is 0.438. The third-order valence-electron chi connectivity index (χ3n) is 3.67. The minimum Gasteiger partial charge on any atom is -0.493 e. The van der Waals surface area contributed by atoms with E-state index in [1.54, 1.807) is 24.6 Å². The Hall–Kier alpha value is -2.24. The molecule has 0 saturated heterocycles.